The molecule has 0 unspecified atom stereocenters. The first kappa shape index (κ1) is 34.5. The van der Waals surface area contributed by atoms with Gasteiger partial charge in [0, 0.05) is 70.5 Å². The number of hydrogen-bond donors (Lipinski definition) is 2. The molecule has 9 nitrogen and oxygen atoms in total. The maximum Gasteiger partial charge on any atom is 0.335 e. The molecule has 0 saturated heterocycles. The van der Waals surface area contributed by atoms with E-state index >= 15 is 4.79 Å². The topological polar surface area (TPSA) is 105 Å². The van der Waals surface area contributed by atoms with Crippen LogP contribution < -0.4 is 9.64 Å². The molecule has 1 aliphatic heterocycles. The van der Waals surface area contributed by atoms with Crippen LogP contribution in [0.1, 0.15) is 61.8 Å². The predicted octanol–water partition coefficient (Wildman–Crippen LogP) is 9.34. The number of nitrogens with one attached hydrogen (secondary N) is 1. The zero-order chi connectivity index (χ0) is 36.1. The molecule has 2 N–H and O–H groups in total. The number of amides is 1. The number of benzene rings is 3. The van der Waals surface area contributed by atoms with Crippen LogP contribution >= 0.6 is 23.2 Å². The minimum atomic E-state index is -1.06. The van der Waals surface area contributed by atoms with Gasteiger partial charge in [-0.25, -0.2) is 4.79 Å². The van der Waals surface area contributed by atoms with E-state index in [9.17, 15) is 9.90 Å². The third-order valence-electron chi connectivity index (χ3n) is 9.83. The Bertz CT molecular complexity index is 2310. The van der Waals surface area contributed by atoms with E-state index in [2.05, 4.69) is 14.8 Å². The van der Waals surface area contributed by atoms with Gasteiger partial charge in [0.25, 0.3) is 5.91 Å². The molecule has 0 spiro atoms. The lowest BCUT2D eigenvalue weighted by Gasteiger charge is -2.23. The van der Waals surface area contributed by atoms with Gasteiger partial charge in [0.1, 0.15) is 11.4 Å². The second kappa shape index (κ2) is 13.6. The molecular formula is C40H39Cl2N5O4. The smallest absolute Gasteiger partial charge is 0.335 e. The summed E-state index contributed by atoms with van der Waals surface area (Å²) in [6, 6.07) is 16.8. The largest absolute Gasteiger partial charge is 0.494 e. The van der Waals surface area contributed by atoms with Gasteiger partial charge in [-0.15, -0.1) is 0 Å². The van der Waals surface area contributed by atoms with Crippen molar-refractivity contribution in [2.75, 3.05) is 18.1 Å². The number of carbonyl (C=O) groups excluding carboxylic acids is 1. The Morgan fingerprint density at radius 3 is 2.43 bits per heavy atom. The van der Waals surface area contributed by atoms with Crippen LogP contribution in [0, 0.1) is 27.7 Å². The van der Waals surface area contributed by atoms with Gasteiger partial charge in [-0.2, -0.15) is 5.10 Å². The van der Waals surface area contributed by atoms with Crippen molar-refractivity contribution < 1.29 is 19.4 Å². The minimum Gasteiger partial charge on any atom is -0.494 e. The van der Waals surface area contributed by atoms with Gasteiger partial charge in [-0.05, 0) is 112 Å². The molecule has 51 heavy (non-hydrogen) atoms. The normalized spacial score (nSPS) is 13.2. The molecule has 6 aromatic rings. The number of anilines is 1. The molecule has 0 fully saturated rings. The maximum atomic E-state index is 15.0. The van der Waals surface area contributed by atoms with E-state index in [4.69, 9.17) is 27.9 Å². The van der Waals surface area contributed by atoms with Gasteiger partial charge in [0.05, 0.1) is 28.4 Å². The highest BCUT2D eigenvalue weighted by atomic mass is 35.5. The van der Waals surface area contributed by atoms with Crippen LogP contribution in [0.5, 0.6) is 5.75 Å². The molecule has 3 aromatic heterocycles. The molecule has 0 bridgehead atoms. The van der Waals surface area contributed by atoms with Crippen LogP contribution in [0.2, 0.25) is 10.0 Å². The number of H-pyrrole nitrogens is 1. The number of hydrogen-bond acceptors (Lipinski definition) is 4. The Kier molecular flexibility index (Phi) is 9.20. The lowest BCUT2D eigenvalue weighted by atomic mass is 9.98. The van der Waals surface area contributed by atoms with Gasteiger partial charge >= 0.3 is 5.97 Å². The van der Waals surface area contributed by atoms with Crippen LogP contribution in [0.15, 0.2) is 60.8 Å². The third kappa shape index (κ3) is 6.19. The van der Waals surface area contributed by atoms with Crippen molar-refractivity contribution in [3.63, 3.8) is 0 Å². The van der Waals surface area contributed by atoms with Crippen molar-refractivity contribution in [1.82, 2.24) is 19.3 Å². The number of aromatic nitrogens is 4. The number of halogens is 2. The molecule has 11 heteroatoms. The van der Waals surface area contributed by atoms with Crippen LogP contribution in [0.25, 0.3) is 33.3 Å². The van der Waals surface area contributed by atoms with E-state index in [1.807, 2.05) is 88.0 Å². The molecule has 0 atom stereocenters. The number of aryl methyl sites for hydroxylation is 7. The maximum absolute atomic E-state index is 15.0. The second-order valence-electron chi connectivity index (χ2n) is 13.3. The summed E-state index contributed by atoms with van der Waals surface area (Å²) in [6.07, 6.45) is 3.77. The first-order chi connectivity index (χ1) is 24.4. The number of fused-ring (bicyclic) bond motifs is 3. The van der Waals surface area contributed by atoms with Crippen LogP contribution in [-0.4, -0.2) is 49.5 Å². The number of carboxylic acids is 1. The van der Waals surface area contributed by atoms with Crippen molar-refractivity contribution in [1.29, 1.82) is 0 Å². The average molecular weight is 725 g/mol. The van der Waals surface area contributed by atoms with E-state index in [1.165, 1.54) is 0 Å². The fourth-order valence-corrected chi connectivity index (χ4v) is 7.82. The number of carboxylic acid groups (broad SMARTS) is 1. The highest BCUT2D eigenvalue weighted by Crippen LogP contribution is 2.43. The lowest BCUT2D eigenvalue weighted by molar-refractivity contribution is 0.0696. The molecule has 262 valence electrons. The molecule has 0 aliphatic carbocycles. The highest BCUT2D eigenvalue weighted by molar-refractivity contribution is 6.35. The summed E-state index contributed by atoms with van der Waals surface area (Å²) in [5, 5.41) is 19.9. The van der Waals surface area contributed by atoms with Crippen molar-refractivity contribution in [3.8, 4) is 28.1 Å². The zero-order valence-electron chi connectivity index (χ0n) is 29.2. The average Bonchev–Trinajstić information content (AvgIpc) is 3.74. The third-order valence-corrected chi connectivity index (χ3v) is 10.7. The summed E-state index contributed by atoms with van der Waals surface area (Å²) >= 11 is 13.4. The van der Waals surface area contributed by atoms with E-state index in [-0.39, 0.29) is 11.5 Å². The summed E-state index contributed by atoms with van der Waals surface area (Å²) in [4.78, 5) is 29.1. The minimum absolute atomic E-state index is 0.117. The van der Waals surface area contributed by atoms with Gasteiger partial charge in [-0.3, -0.25) is 9.89 Å². The highest BCUT2D eigenvalue weighted by Gasteiger charge is 2.33. The summed E-state index contributed by atoms with van der Waals surface area (Å²) in [7, 11) is 1.91. The first-order valence-electron chi connectivity index (χ1n) is 17.0. The molecule has 1 aliphatic rings. The molecular weight excluding hydrogens is 685 g/mol. The molecule has 1 amide bonds. The summed E-state index contributed by atoms with van der Waals surface area (Å²) in [5.74, 6) is -0.489. The first-order valence-corrected chi connectivity index (χ1v) is 17.8. The molecule has 3 aromatic carbocycles. The number of ether oxygens (including phenoxy) is 1. The SMILES string of the molecule is Cc1cc(OCCCc2c3n(c4c(-c5c(C)n[nH]c5C)c(Cl)ccc24)CCCN(c2cc(C(=O)O)cc(-c4cccn4C)c2)C3=O)cc(C)c1Cl. The Morgan fingerprint density at radius 1 is 1.00 bits per heavy atom. The quantitative estimate of drug-likeness (QED) is 0.145. The van der Waals surface area contributed by atoms with Crippen molar-refractivity contribution >= 4 is 51.7 Å². The van der Waals surface area contributed by atoms with E-state index in [1.54, 1.807) is 17.0 Å². The molecule has 7 rings (SSSR count). The second-order valence-corrected chi connectivity index (χ2v) is 14.1. The molecule has 4 heterocycles. The van der Waals surface area contributed by atoms with Crippen LogP contribution in [0.4, 0.5) is 5.69 Å². The number of rotatable bonds is 9. The Balaban J connectivity index is 1.35. The Morgan fingerprint density at radius 2 is 1.76 bits per heavy atom. The Labute approximate surface area is 306 Å². The Hall–Kier alpha value is -4.99. The van der Waals surface area contributed by atoms with Gasteiger partial charge in [-0.1, -0.05) is 29.3 Å². The monoisotopic (exact) mass is 723 g/mol. The number of aromatic amines is 1. The van der Waals surface area contributed by atoms with E-state index in [0.717, 1.165) is 72.1 Å². The van der Waals surface area contributed by atoms with Crippen LogP contribution in [0.3, 0.4) is 0 Å². The summed E-state index contributed by atoms with van der Waals surface area (Å²) in [6.45, 7) is 9.26. The van der Waals surface area contributed by atoms with Crippen molar-refractivity contribution in [2.24, 2.45) is 7.05 Å². The summed E-state index contributed by atoms with van der Waals surface area (Å²) in [5.41, 5.74) is 9.99. The van der Waals surface area contributed by atoms with Gasteiger partial charge < -0.3 is 23.9 Å². The summed E-state index contributed by atoms with van der Waals surface area (Å²) < 4.78 is 10.2. The number of carbonyl (C=O) groups is 2. The molecule has 0 saturated carbocycles. The fourth-order valence-electron chi connectivity index (χ4n) is 7.46. The zero-order valence-corrected chi connectivity index (χ0v) is 30.7. The van der Waals surface area contributed by atoms with Crippen molar-refractivity contribution in [3.05, 3.63) is 110 Å². The van der Waals surface area contributed by atoms with Crippen LogP contribution in [-0.2, 0) is 20.0 Å². The predicted molar refractivity (Wildman–Crippen MR) is 203 cm³/mol. The van der Waals surface area contributed by atoms with E-state index < -0.39 is 5.97 Å². The van der Waals surface area contributed by atoms with Crippen molar-refractivity contribution in [2.45, 2.75) is 53.5 Å². The lowest BCUT2D eigenvalue weighted by Crippen LogP contribution is -2.32. The fraction of sp³-hybridized carbons (Fsp3) is 0.275. The number of nitrogens with zero attached hydrogens (tertiary/aromatic N) is 4. The van der Waals surface area contributed by atoms with Gasteiger partial charge in [0.15, 0.2) is 0 Å². The molecule has 0 radical (unpaired) electrons. The van der Waals surface area contributed by atoms with E-state index in [0.29, 0.717) is 55.4 Å². The van der Waals surface area contributed by atoms with Gasteiger partial charge in [0.2, 0.25) is 0 Å². The number of aromatic carboxylic acids is 1. The standard InChI is InChI=1S/C40H39Cl2N5O4/c1-22-17-29(18-23(2)36(22)42)51-16-7-9-30-31-11-12-32(41)35(34-24(3)43-44-25(34)4)37(31)47-15-8-14-46(39(48)38(30)47)28-20-26(19-27(21-28)40(49)50)33-10-6-13-45(33)5/h6,10-13,17-21H,7-9,14-16H2,1-5H3,(H,43,44)(H,49,50).